The number of likely N-dealkylation sites (N-methyl/N-ethyl adjacent to an activating group) is 1. The Balaban J connectivity index is 1.23. The van der Waals surface area contributed by atoms with E-state index < -0.39 is 9.84 Å². The number of amides is 1. The molecular weight excluding hydrogens is 492 g/mol. The molecule has 0 radical (unpaired) electrons. The van der Waals surface area contributed by atoms with Gasteiger partial charge in [-0.1, -0.05) is 78.9 Å². The second-order valence-corrected chi connectivity index (χ2v) is 13.1. The van der Waals surface area contributed by atoms with Crippen LogP contribution in [0.3, 0.4) is 0 Å². The van der Waals surface area contributed by atoms with Crippen molar-refractivity contribution in [2.75, 3.05) is 39.0 Å². The SMILES string of the molecule is C[C@H](C(=O)N(C)C[C@H](CCN1CCC2(CC1)CS(=O)(=O)c1ccccc12)c1ccccc1)c1ccccc1. The monoisotopic (exact) mass is 530 g/mol. The molecule has 200 valence electrons. The van der Waals surface area contributed by atoms with Crippen LogP contribution in [0.2, 0.25) is 0 Å². The Labute approximate surface area is 227 Å². The number of hydrogen-bond acceptors (Lipinski definition) is 4. The highest BCUT2D eigenvalue weighted by atomic mass is 32.2. The zero-order chi connectivity index (χ0) is 26.8. The summed E-state index contributed by atoms with van der Waals surface area (Å²) in [6, 6.07) is 28.0. The highest BCUT2D eigenvalue weighted by Crippen LogP contribution is 2.46. The normalized spacial score (nSPS) is 19.5. The van der Waals surface area contributed by atoms with Gasteiger partial charge in [0.05, 0.1) is 16.6 Å². The summed E-state index contributed by atoms with van der Waals surface area (Å²) < 4.78 is 25.7. The topological polar surface area (TPSA) is 57.7 Å². The van der Waals surface area contributed by atoms with Gasteiger partial charge in [-0.25, -0.2) is 8.42 Å². The standard InChI is InChI=1S/C32H38N2O3S/c1-25(26-11-5-3-6-12-26)31(35)33(2)23-28(27-13-7-4-8-14-27)17-20-34-21-18-32(19-22-34)24-38(36,37)30-16-10-9-15-29(30)32/h3-16,25,28H,17-24H2,1-2H3/t25-,28-/m0/s1. The van der Waals surface area contributed by atoms with Gasteiger partial charge in [-0.3, -0.25) is 4.79 Å². The molecule has 3 aromatic rings. The third-order valence-electron chi connectivity index (χ3n) is 8.68. The van der Waals surface area contributed by atoms with Gasteiger partial charge in [-0.05, 0) is 68.6 Å². The molecule has 3 aromatic carbocycles. The van der Waals surface area contributed by atoms with E-state index in [0.29, 0.717) is 11.4 Å². The number of piperidine rings is 1. The van der Waals surface area contributed by atoms with Crippen molar-refractivity contribution < 1.29 is 13.2 Å². The maximum atomic E-state index is 13.3. The molecule has 5 nitrogen and oxygen atoms in total. The van der Waals surface area contributed by atoms with E-state index in [1.807, 2.05) is 73.5 Å². The van der Waals surface area contributed by atoms with Crippen LogP contribution in [-0.2, 0) is 20.0 Å². The van der Waals surface area contributed by atoms with Crippen LogP contribution in [0.5, 0.6) is 0 Å². The third kappa shape index (κ3) is 5.43. The molecule has 0 bridgehead atoms. The number of likely N-dealkylation sites (tertiary alicyclic amines) is 1. The molecule has 0 aliphatic carbocycles. The molecule has 1 saturated heterocycles. The van der Waals surface area contributed by atoms with Crippen molar-refractivity contribution in [3.63, 3.8) is 0 Å². The minimum absolute atomic E-state index is 0.137. The van der Waals surface area contributed by atoms with Crippen molar-refractivity contribution in [3.05, 3.63) is 102 Å². The molecule has 1 fully saturated rings. The molecule has 2 atom stereocenters. The first-order valence-electron chi connectivity index (χ1n) is 13.7. The lowest BCUT2D eigenvalue weighted by atomic mass is 9.74. The van der Waals surface area contributed by atoms with Gasteiger partial charge in [-0.2, -0.15) is 0 Å². The molecule has 0 N–H and O–H groups in total. The van der Waals surface area contributed by atoms with Crippen LogP contribution in [-0.4, -0.2) is 63.1 Å². The van der Waals surface area contributed by atoms with Crippen molar-refractivity contribution in [3.8, 4) is 0 Å². The van der Waals surface area contributed by atoms with Crippen LogP contribution in [0.25, 0.3) is 0 Å². The van der Waals surface area contributed by atoms with E-state index in [4.69, 9.17) is 0 Å². The number of sulfone groups is 1. The summed E-state index contributed by atoms with van der Waals surface area (Å²) >= 11 is 0. The Morgan fingerprint density at radius 1 is 0.895 bits per heavy atom. The van der Waals surface area contributed by atoms with Crippen LogP contribution >= 0.6 is 0 Å². The highest BCUT2D eigenvalue weighted by molar-refractivity contribution is 7.91. The molecule has 2 aliphatic rings. The smallest absolute Gasteiger partial charge is 0.229 e. The fourth-order valence-corrected chi connectivity index (χ4v) is 8.61. The minimum atomic E-state index is -3.20. The zero-order valence-corrected chi connectivity index (χ0v) is 23.2. The number of carbonyl (C=O) groups is 1. The zero-order valence-electron chi connectivity index (χ0n) is 22.4. The Morgan fingerprint density at radius 3 is 2.13 bits per heavy atom. The molecule has 1 amide bonds. The van der Waals surface area contributed by atoms with Crippen LogP contribution in [0, 0.1) is 0 Å². The lowest BCUT2D eigenvalue weighted by Gasteiger charge is -2.40. The van der Waals surface area contributed by atoms with Gasteiger partial charge in [0.25, 0.3) is 0 Å². The van der Waals surface area contributed by atoms with E-state index in [2.05, 4.69) is 29.2 Å². The fraction of sp³-hybridized carbons (Fsp3) is 0.406. The van der Waals surface area contributed by atoms with E-state index in [9.17, 15) is 13.2 Å². The van der Waals surface area contributed by atoms with Gasteiger partial charge in [0.15, 0.2) is 9.84 Å². The second-order valence-electron chi connectivity index (χ2n) is 11.1. The van der Waals surface area contributed by atoms with Crippen LogP contribution in [0.1, 0.15) is 54.7 Å². The van der Waals surface area contributed by atoms with E-state index in [-0.39, 0.29) is 28.9 Å². The Morgan fingerprint density at radius 2 is 1.47 bits per heavy atom. The first-order chi connectivity index (χ1) is 18.3. The summed E-state index contributed by atoms with van der Waals surface area (Å²) in [5, 5.41) is 0. The molecule has 2 heterocycles. The summed E-state index contributed by atoms with van der Waals surface area (Å²) in [6.07, 6.45) is 2.68. The van der Waals surface area contributed by atoms with E-state index in [0.717, 1.165) is 50.0 Å². The van der Waals surface area contributed by atoms with Crippen LogP contribution < -0.4 is 0 Å². The van der Waals surface area contributed by atoms with Crippen molar-refractivity contribution in [1.29, 1.82) is 0 Å². The number of carbonyl (C=O) groups excluding carboxylic acids is 1. The third-order valence-corrected chi connectivity index (χ3v) is 10.6. The Bertz CT molecular complexity index is 1350. The van der Waals surface area contributed by atoms with E-state index in [1.165, 1.54) is 5.56 Å². The fourth-order valence-electron chi connectivity index (χ4n) is 6.38. The Kier molecular flexibility index (Phi) is 7.73. The van der Waals surface area contributed by atoms with Crippen molar-refractivity contribution in [1.82, 2.24) is 9.80 Å². The van der Waals surface area contributed by atoms with Crippen molar-refractivity contribution in [2.45, 2.75) is 48.3 Å². The number of benzene rings is 3. The summed E-state index contributed by atoms with van der Waals surface area (Å²) in [7, 11) is -1.28. The molecule has 0 unspecified atom stereocenters. The molecule has 0 saturated carbocycles. The predicted molar refractivity (Wildman–Crippen MR) is 152 cm³/mol. The molecule has 6 heteroatoms. The highest BCUT2D eigenvalue weighted by Gasteiger charge is 2.48. The van der Waals surface area contributed by atoms with Gasteiger partial charge in [-0.15, -0.1) is 0 Å². The summed E-state index contributed by atoms with van der Waals surface area (Å²) in [6.45, 7) is 5.37. The predicted octanol–water partition coefficient (Wildman–Crippen LogP) is 5.24. The lowest BCUT2D eigenvalue weighted by Crippen LogP contribution is -2.44. The van der Waals surface area contributed by atoms with Crippen LogP contribution in [0.15, 0.2) is 89.8 Å². The maximum Gasteiger partial charge on any atom is 0.229 e. The number of hydrogen-bond donors (Lipinski definition) is 0. The Hall–Kier alpha value is -2.96. The average molecular weight is 531 g/mol. The summed E-state index contributed by atoms with van der Waals surface area (Å²) in [5.74, 6) is 0.433. The summed E-state index contributed by atoms with van der Waals surface area (Å²) in [5.41, 5.74) is 3.07. The quantitative estimate of drug-likeness (QED) is 0.400. The molecule has 5 rings (SSSR count). The first kappa shape index (κ1) is 26.6. The largest absolute Gasteiger partial charge is 0.345 e. The maximum absolute atomic E-state index is 13.3. The van der Waals surface area contributed by atoms with Gasteiger partial charge in [0.2, 0.25) is 5.91 Å². The average Bonchev–Trinajstić information content (AvgIpc) is 3.17. The van der Waals surface area contributed by atoms with Gasteiger partial charge >= 0.3 is 0 Å². The van der Waals surface area contributed by atoms with Gasteiger partial charge in [0.1, 0.15) is 0 Å². The molecule has 2 aliphatic heterocycles. The van der Waals surface area contributed by atoms with E-state index >= 15 is 0 Å². The molecule has 1 spiro atoms. The lowest BCUT2D eigenvalue weighted by molar-refractivity contribution is -0.131. The minimum Gasteiger partial charge on any atom is -0.345 e. The first-order valence-corrected chi connectivity index (χ1v) is 15.3. The van der Waals surface area contributed by atoms with Crippen LogP contribution in [0.4, 0.5) is 0 Å². The van der Waals surface area contributed by atoms with Crippen molar-refractivity contribution in [2.24, 2.45) is 0 Å². The van der Waals surface area contributed by atoms with Crippen molar-refractivity contribution >= 4 is 15.7 Å². The van der Waals surface area contributed by atoms with Gasteiger partial charge < -0.3 is 9.80 Å². The number of rotatable bonds is 8. The number of fused-ring (bicyclic) bond motifs is 2. The molecular formula is C32H38N2O3S. The summed E-state index contributed by atoms with van der Waals surface area (Å²) in [4.78, 5) is 18.2. The van der Waals surface area contributed by atoms with Gasteiger partial charge in [0, 0.05) is 24.9 Å². The molecule has 0 aromatic heterocycles. The molecule has 38 heavy (non-hydrogen) atoms. The number of nitrogens with zero attached hydrogens (tertiary/aromatic N) is 2. The second kappa shape index (κ2) is 11.0. The van der Waals surface area contributed by atoms with E-state index in [1.54, 1.807) is 6.07 Å².